The summed E-state index contributed by atoms with van der Waals surface area (Å²) in [6.45, 7) is 11.3. The molecule has 0 radical (unpaired) electrons. The van der Waals surface area contributed by atoms with Crippen molar-refractivity contribution in [2.24, 2.45) is 5.92 Å². The Morgan fingerprint density at radius 1 is 0.935 bits per heavy atom. The molecule has 164 valence electrons. The van der Waals surface area contributed by atoms with E-state index in [1.807, 2.05) is 40.5 Å². The highest BCUT2D eigenvalue weighted by Crippen LogP contribution is 2.42. The van der Waals surface area contributed by atoms with E-state index in [9.17, 15) is 4.80 Å². The second-order valence-electron chi connectivity index (χ2n) is 9.75. The Bertz CT molecular complexity index is 892. The molecule has 1 nitrogen and oxygen atoms in total. The van der Waals surface area contributed by atoms with Crippen LogP contribution in [-0.2, 0) is 0 Å². The van der Waals surface area contributed by atoms with Crippen LogP contribution < -0.4 is 10.4 Å². The van der Waals surface area contributed by atoms with Gasteiger partial charge >= 0.3 is 0 Å². The van der Waals surface area contributed by atoms with Gasteiger partial charge in [0, 0.05) is 6.42 Å². The lowest BCUT2D eigenvalue weighted by molar-refractivity contribution is 0.424. The number of benzene rings is 2. The summed E-state index contributed by atoms with van der Waals surface area (Å²) in [6, 6.07) is 20.6. The van der Waals surface area contributed by atoms with Crippen LogP contribution in [0.1, 0.15) is 26.7 Å². The van der Waals surface area contributed by atoms with E-state index in [1.165, 1.54) is 0 Å². The predicted octanol–water partition coefficient (Wildman–Crippen LogP) is 6.30. The van der Waals surface area contributed by atoms with E-state index in [2.05, 4.69) is 110 Å². The molecule has 1 N–H and O–H groups in total. The second kappa shape index (κ2) is 11.5. The summed E-state index contributed by atoms with van der Waals surface area (Å²) in [4.78, 5) is 12.4. The van der Waals surface area contributed by atoms with Gasteiger partial charge in [0.25, 0.3) is 8.32 Å². The molecule has 1 atom stereocenters. The quantitative estimate of drug-likeness (QED) is 0.175. The molecule has 0 amide bonds. The van der Waals surface area contributed by atoms with Crippen molar-refractivity contribution in [2.45, 2.75) is 51.4 Å². The fourth-order valence-electron chi connectivity index (χ4n) is 4.03. The second-order valence-corrected chi connectivity index (χ2v) is 19.1. The van der Waals surface area contributed by atoms with Gasteiger partial charge in [-0.15, -0.1) is 11.5 Å². The maximum atomic E-state index is 12.4. The van der Waals surface area contributed by atoms with Gasteiger partial charge in [0.15, 0.2) is 0 Å². The van der Waals surface area contributed by atoms with Crippen LogP contribution >= 0.6 is 22.6 Å². The maximum absolute atomic E-state index is 12.4. The van der Waals surface area contributed by atoms with E-state index >= 15 is 0 Å². The van der Waals surface area contributed by atoms with Gasteiger partial charge in [-0.1, -0.05) is 135 Å². The average molecular weight is 559 g/mol. The summed E-state index contributed by atoms with van der Waals surface area (Å²) in [5.41, 5.74) is 3.51. The summed E-state index contributed by atoms with van der Waals surface area (Å²) in [7, 11) is -4.41. The summed E-state index contributed by atoms with van der Waals surface area (Å²) in [5.74, 6) is 3.76. The SMILES string of the molecule is CC(C)(C[C@@H](/C=C/C=C/I)CC#C[Si](C)(C)C)[Si](O)(c1ccccc1)c1ccccc1. The Morgan fingerprint density at radius 2 is 1.45 bits per heavy atom. The molecule has 0 spiro atoms. The van der Waals surface area contributed by atoms with Crippen molar-refractivity contribution in [3.63, 3.8) is 0 Å². The van der Waals surface area contributed by atoms with Gasteiger partial charge in [-0.3, -0.25) is 0 Å². The number of rotatable bonds is 8. The molecule has 2 aromatic rings. The molecule has 0 fully saturated rings. The van der Waals surface area contributed by atoms with E-state index in [0.717, 1.165) is 23.2 Å². The van der Waals surface area contributed by atoms with E-state index in [1.54, 1.807) is 0 Å². The van der Waals surface area contributed by atoms with Gasteiger partial charge in [-0.2, -0.15) is 0 Å². The lowest BCUT2D eigenvalue weighted by atomic mass is 9.93. The van der Waals surface area contributed by atoms with Crippen molar-refractivity contribution in [1.29, 1.82) is 0 Å². The van der Waals surface area contributed by atoms with Crippen molar-refractivity contribution >= 4 is 49.4 Å². The van der Waals surface area contributed by atoms with Crippen LogP contribution in [-0.4, -0.2) is 21.2 Å². The van der Waals surface area contributed by atoms with Gasteiger partial charge in [0.2, 0.25) is 0 Å². The normalized spacial score (nSPS) is 13.9. The highest BCUT2D eigenvalue weighted by Gasteiger charge is 2.50. The first kappa shape index (κ1) is 25.9. The zero-order valence-electron chi connectivity index (χ0n) is 19.4. The summed E-state index contributed by atoms with van der Waals surface area (Å²) < 4.78 is 2.02. The largest absolute Gasteiger partial charge is 0.424 e. The minimum atomic E-state index is -3.01. The van der Waals surface area contributed by atoms with Gasteiger partial charge in [-0.25, -0.2) is 0 Å². The maximum Gasteiger partial charge on any atom is 0.258 e. The molecule has 31 heavy (non-hydrogen) atoms. The van der Waals surface area contributed by atoms with Gasteiger partial charge < -0.3 is 4.80 Å². The number of halogens is 1. The molecule has 0 aliphatic carbocycles. The Morgan fingerprint density at radius 3 is 1.90 bits per heavy atom. The van der Waals surface area contributed by atoms with Crippen molar-refractivity contribution in [2.75, 3.05) is 0 Å². The third kappa shape index (κ3) is 7.32. The Hall–Kier alpha value is -1.40. The molecule has 0 saturated carbocycles. The van der Waals surface area contributed by atoms with Crippen LogP contribution in [0.2, 0.25) is 24.7 Å². The number of hydrogen-bond donors (Lipinski definition) is 1. The standard InChI is InChI=1S/C27H35IOSi2/c1-27(2,23-24(15-12-13-21-28)16-14-22-30(3,4)5)31(29,25-17-8-6-9-18-25)26-19-10-7-11-20-26/h6-13,15,17-21,24,29H,16,23H2,1-5H3/b15-12+,21-13+/t24-/m0/s1. The fraction of sp³-hybridized carbons (Fsp3) is 0.333. The van der Waals surface area contributed by atoms with E-state index in [0.29, 0.717) is 0 Å². The molecule has 0 aliphatic rings. The van der Waals surface area contributed by atoms with E-state index < -0.39 is 16.4 Å². The smallest absolute Gasteiger partial charge is 0.258 e. The zero-order chi connectivity index (χ0) is 23.0. The molecule has 0 heterocycles. The third-order valence-electron chi connectivity index (χ3n) is 5.53. The first-order valence-corrected chi connectivity index (χ1v) is 17.6. The molecular formula is C27H35IOSi2. The van der Waals surface area contributed by atoms with E-state index in [-0.39, 0.29) is 11.0 Å². The van der Waals surface area contributed by atoms with Gasteiger partial charge in [0.1, 0.15) is 8.07 Å². The van der Waals surface area contributed by atoms with Crippen LogP contribution in [0, 0.1) is 17.4 Å². The van der Waals surface area contributed by atoms with Crippen molar-refractivity contribution in [1.82, 2.24) is 0 Å². The topological polar surface area (TPSA) is 20.2 Å². The van der Waals surface area contributed by atoms with Crippen LogP contribution in [0.5, 0.6) is 0 Å². The molecule has 0 bridgehead atoms. The first-order valence-electron chi connectivity index (χ1n) is 10.9. The molecule has 4 heteroatoms. The van der Waals surface area contributed by atoms with Crippen LogP contribution in [0.3, 0.4) is 0 Å². The van der Waals surface area contributed by atoms with Gasteiger partial charge in [-0.05, 0) is 31.8 Å². The fourth-order valence-corrected chi connectivity index (χ4v) is 8.70. The van der Waals surface area contributed by atoms with Crippen molar-refractivity contribution in [3.8, 4) is 11.5 Å². The molecule has 0 aromatic heterocycles. The lowest BCUT2D eigenvalue weighted by Crippen LogP contribution is -2.65. The zero-order valence-corrected chi connectivity index (χ0v) is 23.6. The first-order chi connectivity index (χ1) is 14.6. The molecule has 2 rings (SSSR count). The monoisotopic (exact) mass is 558 g/mol. The van der Waals surface area contributed by atoms with E-state index in [4.69, 9.17) is 0 Å². The Balaban J connectivity index is 2.47. The van der Waals surface area contributed by atoms with Crippen LogP contribution in [0.4, 0.5) is 0 Å². The molecule has 2 aromatic carbocycles. The highest BCUT2D eigenvalue weighted by molar-refractivity contribution is 14.1. The number of allylic oxidation sites excluding steroid dienone is 3. The number of hydrogen-bond acceptors (Lipinski definition) is 1. The minimum Gasteiger partial charge on any atom is -0.424 e. The van der Waals surface area contributed by atoms with Crippen molar-refractivity contribution in [3.05, 3.63) is 83.0 Å². The van der Waals surface area contributed by atoms with Crippen molar-refractivity contribution < 1.29 is 4.80 Å². The molecular weight excluding hydrogens is 523 g/mol. The third-order valence-corrected chi connectivity index (χ3v) is 11.4. The van der Waals surface area contributed by atoms with Crippen LogP contribution in [0.15, 0.2) is 83.0 Å². The Kier molecular flexibility index (Phi) is 9.56. The minimum absolute atomic E-state index is 0.278. The summed E-state index contributed by atoms with van der Waals surface area (Å²) in [6.07, 6.45) is 8.15. The molecule has 0 saturated heterocycles. The highest BCUT2D eigenvalue weighted by atomic mass is 127. The lowest BCUT2D eigenvalue weighted by Gasteiger charge is -2.42. The summed E-state index contributed by atoms with van der Waals surface area (Å²) >= 11 is 2.24. The molecule has 0 unspecified atom stereocenters. The van der Waals surface area contributed by atoms with Gasteiger partial charge in [0.05, 0.1) is 0 Å². The Labute approximate surface area is 205 Å². The van der Waals surface area contributed by atoms with Crippen LogP contribution in [0.25, 0.3) is 0 Å². The molecule has 0 aliphatic heterocycles. The summed E-state index contributed by atoms with van der Waals surface area (Å²) in [5, 5.41) is 1.85. The predicted molar refractivity (Wildman–Crippen MR) is 150 cm³/mol. The average Bonchev–Trinajstić information content (AvgIpc) is 2.73.